The van der Waals surface area contributed by atoms with Gasteiger partial charge < -0.3 is 5.11 Å². The highest BCUT2D eigenvalue weighted by molar-refractivity contribution is 5.90. The lowest BCUT2D eigenvalue weighted by atomic mass is 10.1. The van der Waals surface area contributed by atoms with Crippen molar-refractivity contribution in [2.45, 2.75) is 38.8 Å². The van der Waals surface area contributed by atoms with Crippen LogP contribution in [0.4, 0.5) is 0 Å². The predicted molar refractivity (Wildman–Crippen MR) is 59.2 cm³/mol. The Morgan fingerprint density at radius 2 is 2.44 bits per heavy atom. The first kappa shape index (κ1) is 9.90. The van der Waals surface area contributed by atoms with Gasteiger partial charge in [-0.1, -0.05) is 25.8 Å². The number of nitrogens with zero attached hydrogens (tertiary/aromatic N) is 2. The van der Waals surface area contributed by atoms with Crippen LogP contribution in [0, 0.1) is 0 Å². The van der Waals surface area contributed by atoms with Gasteiger partial charge in [-0.2, -0.15) is 5.01 Å². The molecule has 3 aliphatic rings. The Morgan fingerprint density at radius 1 is 1.62 bits per heavy atom. The van der Waals surface area contributed by atoms with E-state index in [1.54, 1.807) is 0 Å². The minimum Gasteiger partial charge on any atom is -0.478 e. The summed E-state index contributed by atoms with van der Waals surface area (Å²) in [6.07, 6.45) is 6.87. The SMILES string of the molecule is CCCCC1N2CC3=C(C(=O)O)CC=C3N12. The van der Waals surface area contributed by atoms with Crippen molar-refractivity contribution in [3.63, 3.8) is 0 Å². The molecule has 0 spiro atoms. The van der Waals surface area contributed by atoms with Crippen LogP contribution in [0.5, 0.6) is 0 Å². The molecule has 16 heavy (non-hydrogen) atoms. The van der Waals surface area contributed by atoms with Crippen LogP contribution in [0.3, 0.4) is 0 Å². The Hall–Kier alpha value is -1.29. The lowest BCUT2D eigenvalue weighted by Crippen LogP contribution is -2.10. The molecule has 86 valence electrons. The number of hydrazine groups is 1. The van der Waals surface area contributed by atoms with Gasteiger partial charge in [-0.05, 0) is 6.42 Å². The molecule has 1 N–H and O–H groups in total. The summed E-state index contributed by atoms with van der Waals surface area (Å²) < 4.78 is 0. The van der Waals surface area contributed by atoms with Crippen LogP contribution in [0.15, 0.2) is 22.9 Å². The molecule has 2 atom stereocenters. The number of fused-ring (bicyclic) bond motifs is 3. The second-order valence-corrected chi connectivity index (χ2v) is 4.62. The fourth-order valence-corrected chi connectivity index (χ4v) is 2.77. The van der Waals surface area contributed by atoms with Gasteiger partial charge in [-0.25, -0.2) is 4.79 Å². The van der Waals surface area contributed by atoms with Crippen LogP contribution in [0.25, 0.3) is 0 Å². The summed E-state index contributed by atoms with van der Waals surface area (Å²) in [6.45, 7) is 3.01. The highest BCUT2D eigenvalue weighted by Gasteiger charge is 2.54. The van der Waals surface area contributed by atoms with E-state index >= 15 is 0 Å². The van der Waals surface area contributed by atoms with Gasteiger partial charge in [0.05, 0.1) is 5.70 Å². The Kier molecular flexibility index (Phi) is 2.07. The highest BCUT2D eigenvalue weighted by atomic mass is 16.4. The summed E-state index contributed by atoms with van der Waals surface area (Å²) in [7, 11) is 0. The van der Waals surface area contributed by atoms with Crippen LogP contribution in [-0.4, -0.2) is 33.8 Å². The Balaban J connectivity index is 1.73. The molecule has 2 fully saturated rings. The molecule has 0 bridgehead atoms. The second kappa shape index (κ2) is 3.35. The van der Waals surface area contributed by atoms with E-state index in [1.165, 1.54) is 25.0 Å². The molecule has 0 aromatic carbocycles. The van der Waals surface area contributed by atoms with Crippen molar-refractivity contribution in [2.24, 2.45) is 0 Å². The zero-order chi connectivity index (χ0) is 11.3. The highest BCUT2D eigenvalue weighted by Crippen LogP contribution is 2.48. The monoisotopic (exact) mass is 220 g/mol. The number of hydrogen-bond acceptors (Lipinski definition) is 3. The van der Waals surface area contributed by atoms with E-state index in [0.29, 0.717) is 18.2 Å². The molecular formula is C12H16N2O2. The average molecular weight is 220 g/mol. The zero-order valence-electron chi connectivity index (χ0n) is 9.44. The van der Waals surface area contributed by atoms with E-state index in [2.05, 4.69) is 23.0 Å². The van der Waals surface area contributed by atoms with Crippen molar-refractivity contribution in [1.29, 1.82) is 0 Å². The molecule has 2 heterocycles. The van der Waals surface area contributed by atoms with Crippen LogP contribution in [-0.2, 0) is 4.79 Å². The molecule has 4 heteroatoms. The molecule has 0 saturated carbocycles. The summed E-state index contributed by atoms with van der Waals surface area (Å²) in [5, 5.41) is 13.6. The minimum atomic E-state index is -0.755. The molecular weight excluding hydrogens is 204 g/mol. The molecule has 2 aliphatic heterocycles. The molecule has 0 amide bonds. The minimum absolute atomic E-state index is 0.545. The quantitative estimate of drug-likeness (QED) is 0.733. The lowest BCUT2D eigenvalue weighted by Gasteiger charge is -2.05. The maximum Gasteiger partial charge on any atom is 0.332 e. The molecule has 1 aliphatic carbocycles. The van der Waals surface area contributed by atoms with Gasteiger partial charge >= 0.3 is 5.97 Å². The summed E-state index contributed by atoms with van der Waals surface area (Å²) in [4.78, 5) is 11.0. The average Bonchev–Trinajstić information content (AvgIpc) is 2.60. The van der Waals surface area contributed by atoms with E-state index in [4.69, 9.17) is 5.11 Å². The van der Waals surface area contributed by atoms with Crippen molar-refractivity contribution in [2.75, 3.05) is 6.54 Å². The first-order chi connectivity index (χ1) is 7.74. The summed E-state index contributed by atoms with van der Waals surface area (Å²) in [6, 6.07) is 0. The van der Waals surface area contributed by atoms with Gasteiger partial charge in [0.1, 0.15) is 6.17 Å². The number of aliphatic carboxylic acids is 1. The first-order valence-electron chi connectivity index (χ1n) is 5.95. The van der Waals surface area contributed by atoms with E-state index in [9.17, 15) is 4.79 Å². The van der Waals surface area contributed by atoms with Gasteiger partial charge in [0.25, 0.3) is 0 Å². The van der Waals surface area contributed by atoms with Gasteiger partial charge in [0.15, 0.2) is 0 Å². The Bertz CT molecular complexity index is 411. The van der Waals surface area contributed by atoms with Crippen LogP contribution >= 0.6 is 0 Å². The Morgan fingerprint density at radius 3 is 3.12 bits per heavy atom. The van der Waals surface area contributed by atoms with Gasteiger partial charge in [0.2, 0.25) is 0 Å². The summed E-state index contributed by atoms with van der Waals surface area (Å²) in [5.41, 5.74) is 2.80. The largest absolute Gasteiger partial charge is 0.478 e. The van der Waals surface area contributed by atoms with Gasteiger partial charge in [0, 0.05) is 24.1 Å². The molecule has 0 aromatic heterocycles. The first-order valence-corrected chi connectivity index (χ1v) is 5.95. The topological polar surface area (TPSA) is 43.3 Å². The van der Waals surface area contributed by atoms with Crippen molar-refractivity contribution in [1.82, 2.24) is 10.0 Å². The fourth-order valence-electron chi connectivity index (χ4n) is 2.77. The zero-order valence-corrected chi connectivity index (χ0v) is 9.44. The van der Waals surface area contributed by atoms with Crippen LogP contribution < -0.4 is 0 Å². The van der Waals surface area contributed by atoms with Crippen LogP contribution in [0.1, 0.15) is 32.6 Å². The molecule has 3 rings (SSSR count). The smallest absolute Gasteiger partial charge is 0.332 e. The third-order valence-corrected chi connectivity index (χ3v) is 3.66. The second-order valence-electron chi connectivity index (χ2n) is 4.62. The third kappa shape index (κ3) is 1.23. The predicted octanol–water partition coefficient (Wildman–Crippen LogP) is 1.72. The van der Waals surface area contributed by atoms with Crippen LogP contribution in [0.2, 0.25) is 0 Å². The van der Waals surface area contributed by atoms with E-state index in [1.807, 2.05) is 0 Å². The summed E-state index contributed by atoms with van der Waals surface area (Å²) >= 11 is 0. The number of rotatable bonds is 4. The third-order valence-electron chi connectivity index (χ3n) is 3.66. The molecule has 0 radical (unpaired) electrons. The van der Waals surface area contributed by atoms with E-state index < -0.39 is 5.97 Å². The van der Waals surface area contributed by atoms with E-state index in [-0.39, 0.29) is 0 Å². The van der Waals surface area contributed by atoms with Gasteiger partial charge in [-0.15, -0.1) is 0 Å². The van der Waals surface area contributed by atoms with Crippen molar-refractivity contribution < 1.29 is 9.90 Å². The molecule has 0 aromatic rings. The molecule has 4 nitrogen and oxygen atoms in total. The number of hydrogen-bond donors (Lipinski definition) is 1. The summed E-state index contributed by atoms with van der Waals surface area (Å²) in [5.74, 6) is -0.755. The maximum atomic E-state index is 11.0. The fraction of sp³-hybridized carbons (Fsp3) is 0.583. The normalized spacial score (nSPS) is 30.3. The standard InChI is InChI=1S/C12H16N2O2/c1-2-3-4-11-13-7-9-8(12(15)16)5-6-10(9)14(11)13/h6,11H,2-5,7H2,1H3,(H,15,16). The van der Waals surface area contributed by atoms with E-state index in [0.717, 1.165) is 12.1 Å². The van der Waals surface area contributed by atoms with Crippen molar-refractivity contribution >= 4 is 5.97 Å². The Labute approximate surface area is 94.8 Å². The number of unbranched alkanes of at least 4 members (excludes halogenated alkanes) is 1. The number of carboxylic acid groups (broad SMARTS) is 1. The lowest BCUT2D eigenvalue weighted by molar-refractivity contribution is -0.132. The number of allylic oxidation sites excluding steroid dienone is 1. The molecule has 2 saturated heterocycles. The maximum absolute atomic E-state index is 11.0. The van der Waals surface area contributed by atoms with Crippen molar-refractivity contribution in [3.05, 3.63) is 22.9 Å². The van der Waals surface area contributed by atoms with Crippen molar-refractivity contribution in [3.8, 4) is 0 Å². The number of carbonyl (C=O) groups is 1. The van der Waals surface area contributed by atoms with Gasteiger partial charge in [-0.3, -0.25) is 5.01 Å². The number of carboxylic acids is 1. The molecule has 2 unspecified atom stereocenters.